The van der Waals surface area contributed by atoms with E-state index in [2.05, 4.69) is 26.6 Å². The smallest absolute Gasteiger partial charge is 0.241 e. The Kier molecular flexibility index (Phi) is 8.05. The van der Waals surface area contributed by atoms with E-state index in [1.807, 2.05) is 6.92 Å². The lowest BCUT2D eigenvalue weighted by Gasteiger charge is -2.25. The standard InChI is InChI=1S/C14H21BrN2O3S.ClH/c1-10(16-4)9-17-13(18)14(2,3)21(19,20)12-7-5-11(15)6-8-12;/h5-8,10,16H,9H2,1-4H3,(H,17,18);1H. The predicted octanol–water partition coefficient (Wildman–Crippen LogP) is 2.15. The summed E-state index contributed by atoms with van der Waals surface area (Å²) < 4.78 is 24.5. The second-order valence-electron chi connectivity index (χ2n) is 5.37. The van der Waals surface area contributed by atoms with Crippen LogP contribution in [0, 0.1) is 0 Å². The van der Waals surface area contributed by atoms with Crippen molar-refractivity contribution >= 4 is 44.1 Å². The molecule has 22 heavy (non-hydrogen) atoms. The second kappa shape index (κ2) is 8.29. The van der Waals surface area contributed by atoms with Gasteiger partial charge in [-0.05, 0) is 52.1 Å². The van der Waals surface area contributed by atoms with Gasteiger partial charge < -0.3 is 10.6 Å². The highest BCUT2D eigenvalue weighted by Gasteiger charge is 2.42. The third kappa shape index (κ3) is 4.68. The summed E-state index contributed by atoms with van der Waals surface area (Å²) in [6, 6.07) is 6.34. The monoisotopic (exact) mass is 412 g/mol. The van der Waals surface area contributed by atoms with Crippen molar-refractivity contribution < 1.29 is 13.2 Å². The van der Waals surface area contributed by atoms with Crippen LogP contribution in [0.2, 0.25) is 0 Å². The second-order valence-corrected chi connectivity index (χ2v) is 8.78. The first-order valence-electron chi connectivity index (χ1n) is 6.58. The molecule has 0 heterocycles. The molecule has 1 amide bonds. The van der Waals surface area contributed by atoms with Gasteiger partial charge in [0.1, 0.15) is 4.75 Å². The topological polar surface area (TPSA) is 75.3 Å². The lowest BCUT2D eigenvalue weighted by Crippen LogP contribution is -2.50. The quantitative estimate of drug-likeness (QED) is 0.749. The molecule has 0 bridgehead atoms. The van der Waals surface area contributed by atoms with E-state index in [-0.39, 0.29) is 23.3 Å². The van der Waals surface area contributed by atoms with Crippen LogP contribution in [0.15, 0.2) is 33.6 Å². The Balaban J connectivity index is 0.00000441. The van der Waals surface area contributed by atoms with E-state index >= 15 is 0 Å². The van der Waals surface area contributed by atoms with Crippen LogP contribution in [0.25, 0.3) is 0 Å². The molecule has 0 aliphatic heterocycles. The first kappa shape index (κ1) is 21.4. The molecule has 1 aromatic carbocycles. The number of halogens is 2. The Hall–Kier alpha value is -0.630. The molecule has 0 saturated heterocycles. The summed E-state index contributed by atoms with van der Waals surface area (Å²) in [5.41, 5.74) is 0. The molecule has 0 saturated carbocycles. The SMILES string of the molecule is CNC(C)CNC(=O)C(C)(C)S(=O)(=O)c1ccc(Br)cc1.Cl. The fourth-order valence-electron chi connectivity index (χ4n) is 1.59. The van der Waals surface area contributed by atoms with Crippen molar-refractivity contribution in [1.29, 1.82) is 0 Å². The third-order valence-corrected chi connectivity index (χ3v) is 6.35. The molecule has 0 radical (unpaired) electrons. The number of nitrogens with one attached hydrogen (secondary N) is 2. The van der Waals surface area contributed by atoms with E-state index in [9.17, 15) is 13.2 Å². The zero-order valence-corrected chi connectivity index (χ0v) is 16.2. The van der Waals surface area contributed by atoms with Gasteiger partial charge in [0.05, 0.1) is 4.90 Å². The molecule has 1 aromatic rings. The molecule has 1 rings (SSSR count). The lowest BCUT2D eigenvalue weighted by molar-refractivity contribution is -0.122. The molecule has 2 N–H and O–H groups in total. The summed E-state index contributed by atoms with van der Waals surface area (Å²) in [6.07, 6.45) is 0. The van der Waals surface area contributed by atoms with Crippen molar-refractivity contribution in [2.24, 2.45) is 0 Å². The molecular weight excluding hydrogens is 392 g/mol. The van der Waals surface area contributed by atoms with Crippen LogP contribution in [-0.4, -0.2) is 38.7 Å². The van der Waals surface area contributed by atoms with Crippen molar-refractivity contribution in [3.63, 3.8) is 0 Å². The van der Waals surface area contributed by atoms with Crippen molar-refractivity contribution in [1.82, 2.24) is 10.6 Å². The number of amides is 1. The third-order valence-electron chi connectivity index (χ3n) is 3.40. The van der Waals surface area contributed by atoms with Gasteiger partial charge in [-0.1, -0.05) is 15.9 Å². The van der Waals surface area contributed by atoms with Gasteiger partial charge >= 0.3 is 0 Å². The Bertz CT molecular complexity index is 603. The summed E-state index contributed by atoms with van der Waals surface area (Å²) in [6.45, 7) is 5.11. The maximum atomic E-state index is 12.6. The maximum absolute atomic E-state index is 12.6. The number of rotatable bonds is 6. The van der Waals surface area contributed by atoms with Crippen LogP contribution in [0.5, 0.6) is 0 Å². The van der Waals surface area contributed by atoms with Crippen molar-refractivity contribution in [3.8, 4) is 0 Å². The maximum Gasteiger partial charge on any atom is 0.241 e. The molecular formula is C14H22BrClN2O3S. The van der Waals surface area contributed by atoms with Crippen LogP contribution < -0.4 is 10.6 Å². The fraction of sp³-hybridized carbons (Fsp3) is 0.500. The zero-order chi connectivity index (χ0) is 16.3. The van der Waals surface area contributed by atoms with E-state index in [1.54, 1.807) is 19.2 Å². The van der Waals surface area contributed by atoms with Crippen LogP contribution in [0.1, 0.15) is 20.8 Å². The molecule has 1 atom stereocenters. The number of benzene rings is 1. The summed E-state index contributed by atoms with van der Waals surface area (Å²) in [5, 5.41) is 5.65. The number of hydrogen-bond donors (Lipinski definition) is 2. The Morgan fingerprint density at radius 1 is 1.27 bits per heavy atom. The molecule has 0 aliphatic rings. The van der Waals surface area contributed by atoms with Gasteiger partial charge in [-0.25, -0.2) is 8.42 Å². The minimum absolute atomic E-state index is 0. The minimum Gasteiger partial charge on any atom is -0.353 e. The Morgan fingerprint density at radius 3 is 2.23 bits per heavy atom. The van der Waals surface area contributed by atoms with Crippen molar-refractivity contribution in [2.45, 2.75) is 36.5 Å². The largest absolute Gasteiger partial charge is 0.353 e. The first-order valence-corrected chi connectivity index (χ1v) is 8.86. The Labute approximate surface area is 146 Å². The molecule has 0 aromatic heterocycles. The van der Waals surface area contributed by atoms with Crippen molar-refractivity contribution in [2.75, 3.05) is 13.6 Å². The summed E-state index contributed by atoms with van der Waals surface area (Å²) >= 11 is 3.26. The number of carbonyl (C=O) groups is 1. The van der Waals surface area contributed by atoms with E-state index in [0.29, 0.717) is 6.54 Å². The van der Waals surface area contributed by atoms with Crippen molar-refractivity contribution in [3.05, 3.63) is 28.7 Å². The lowest BCUT2D eigenvalue weighted by atomic mass is 10.2. The molecule has 5 nitrogen and oxygen atoms in total. The average molecular weight is 414 g/mol. The predicted molar refractivity (Wildman–Crippen MR) is 94.2 cm³/mol. The highest BCUT2D eigenvalue weighted by Crippen LogP contribution is 2.26. The molecule has 1 unspecified atom stereocenters. The van der Waals surface area contributed by atoms with Crippen LogP contribution in [0.3, 0.4) is 0 Å². The highest BCUT2D eigenvalue weighted by atomic mass is 79.9. The average Bonchev–Trinajstić information content (AvgIpc) is 2.44. The van der Waals surface area contributed by atoms with Crippen LogP contribution >= 0.6 is 28.3 Å². The van der Waals surface area contributed by atoms with Crippen LogP contribution in [-0.2, 0) is 14.6 Å². The van der Waals surface area contributed by atoms with Gasteiger partial charge in [0.25, 0.3) is 0 Å². The molecule has 0 spiro atoms. The molecule has 126 valence electrons. The fourth-order valence-corrected chi connectivity index (χ4v) is 3.26. The van der Waals surface area contributed by atoms with Gasteiger partial charge in [-0.2, -0.15) is 0 Å². The van der Waals surface area contributed by atoms with Crippen LogP contribution in [0.4, 0.5) is 0 Å². The minimum atomic E-state index is -3.76. The molecule has 8 heteroatoms. The highest BCUT2D eigenvalue weighted by molar-refractivity contribution is 9.10. The van der Waals surface area contributed by atoms with Gasteiger partial charge in [-0.3, -0.25) is 4.79 Å². The number of sulfone groups is 1. The zero-order valence-electron chi connectivity index (χ0n) is 13.0. The summed E-state index contributed by atoms with van der Waals surface area (Å²) in [5.74, 6) is -0.507. The van der Waals surface area contributed by atoms with Gasteiger partial charge in [0, 0.05) is 17.1 Å². The summed E-state index contributed by atoms with van der Waals surface area (Å²) in [4.78, 5) is 12.4. The number of likely N-dealkylation sites (N-methyl/N-ethyl adjacent to an activating group) is 1. The number of carbonyl (C=O) groups excluding carboxylic acids is 1. The van der Waals surface area contributed by atoms with E-state index in [4.69, 9.17) is 0 Å². The molecule has 0 aliphatic carbocycles. The number of hydrogen-bond acceptors (Lipinski definition) is 4. The normalized spacial score (nSPS) is 13.1. The molecule has 0 fully saturated rings. The van der Waals surface area contributed by atoms with Gasteiger partial charge in [0.15, 0.2) is 9.84 Å². The van der Waals surface area contributed by atoms with Gasteiger partial charge in [0.2, 0.25) is 5.91 Å². The van der Waals surface area contributed by atoms with E-state index < -0.39 is 20.5 Å². The Morgan fingerprint density at radius 2 is 1.77 bits per heavy atom. The van der Waals surface area contributed by atoms with Gasteiger partial charge in [-0.15, -0.1) is 12.4 Å². The van der Waals surface area contributed by atoms with E-state index in [1.165, 1.54) is 26.0 Å². The summed E-state index contributed by atoms with van der Waals surface area (Å²) in [7, 11) is -1.98. The van der Waals surface area contributed by atoms with E-state index in [0.717, 1.165) is 4.47 Å². The first-order chi connectivity index (χ1) is 9.62.